The largest absolute Gasteiger partial charge is 0.392 e. The lowest BCUT2D eigenvalue weighted by molar-refractivity contribution is -0.0511. The number of nitrogens with one attached hydrogen (secondary N) is 1. The Kier molecular flexibility index (Phi) is 2.67. The number of aromatic nitrogens is 2. The molecule has 0 aromatic carbocycles. The van der Waals surface area contributed by atoms with Gasteiger partial charge in [0.05, 0.1) is 6.10 Å². The van der Waals surface area contributed by atoms with Crippen LogP contribution in [0.3, 0.4) is 0 Å². The predicted octanol–water partition coefficient (Wildman–Crippen LogP) is 1.28. The van der Waals surface area contributed by atoms with Crippen LogP contribution >= 0.6 is 11.6 Å². The minimum Gasteiger partial charge on any atom is -0.392 e. The number of halogens is 1. The molecular weight excluding hydrogens is 228 g/mol. The van der Waals surface area contributed by atoms with Gasteiger partial charge < -0.3 is 16.2 Å². The summed E-state index contributed by atoms with van der Waals surface area (Å²) < 4.78 is 0. The molecule has 1 aromatic heterocycles. The lowest BCUT2D eigenvalue weighted by atomic mass is 9.64. The van der Waals surface area contributed by atoms with Gasteiger partial charge in [-0.25, -0.2) is 9.97 Å². The Hall–Kier alpha value is -1.07. The minimum atomic E-state index is -0.289. The lowest BCUT2D eigenvalue weighted by Gasteiger charge is -2.49. The zero-order chi connectivity index (χ0) is 11.9. The molecule has 1 saturated carbocycles. The van der Waals surface area contributed by atoms with E-state index < -0.39 is 0 Å². The van der Waals surface area contributed by atoms with Crippen LogP contribution in [-0.4, -0.2) is 27.2 Å². The molecule has 5 nitrogen and oxygen atoms in total. The van der Waals surface area contributed by atoms with Crippen molar-refractivity contribution in [1.82, 2.24) is 9.97 Å². The zero-order valence-electron chi connectivity index (χ0n) is 9.24. The number of rotatable bonds is 2. The van der Waals surface area contributed by atoms with Crippen molar-refractivity contribution in [3.63, 3.8) is 0 Å². The summed E-state index contributed by atoms with van der Waals surface area (Å²) in [5.74, 6) is 0.788. The van der Waals surface area contributed by atoms with Gasteiger partial charge in [0.25, 0.3) is 0 Å². The standard InChI is InChI=1S/C10H15ClN4O/c1-10(2)5(3-6(10)16)15-9-7(11)8(12)13-4-14-9/h4-6,16H,3H2,1-2H3,(H3,12,13,14,15). The smallest absolute Gasteiger partial charge is 0.150 e. The number of aliphatic hydroxyl groups excluding tert-OH is 1. The van der Waals surface area contributed by atoms with Crippen LogP contribution in [0.15, 0.2) is 6.33 Å². The van der Waals surface area contributed by atoms with Crippen molar-refractivity contribution < 1.29 is 5.11 Å². The molecule has 16 heavy (non-hydrogen) atoms. The summed E-state index contributed by atoms with van der Waals surface area (Å²) in [7, 11) is 0. The Morgan fingerprint density at radius 2 is 2.25 bits per heavy atom. The van der Waals surface area contributed by atoms with E-state index in [0.29, 0.717) is 17.3 Å². The third kappa shape index (κ3) is 1.70. The quantitative estimate of drug-likeness (QED) is 0.728. The van der Waals surface area contributed by atoms with Gasteiger partial charge in [0.15, 0.2) is 5.82 Å². The Balaban J connectivity index is 2.14. The Morgan fingerprint density at radius 1 is 1.56 bits per heavy atom. The van der Waals surface area contributed by atoms with Crippen molar-refractivity contribution in [2.45, 2.75) is 32.4 Å². The summed E-state index contributed by atoms with van der Waals surface area (Å²) in [6.07, 6.45) is 1.77. The Labute approximate surface area is 99.0 Å². The van der Waals surface area contributed by atoms with Gasteiger partial charge >= 0.3 is 0 Å². The number of anilines is 2. The maximum Gasteiger partial charge on any atom is 0.150 e. The molecule has 4 N–H and O–H groups in total. The molecule has 1 aliphatic carbocycles. The van der Waals surface area contributed by atoms with E-state index in [1.54, 1.807) is 0 Å². The van der Waals surface area contributed by atoms with Crippen molar-refractivity contribution in [3.05, 3.63) is 11.3 Å². The SMILES string of the molecule is CC1(C)C(O)CC1Nc1ncnc(N)c1Cl. The Morgan fingerprint density at radius 3 is 2.81 bits per heavy atom. The van der Waals surface area contributed by atoms with Crippen molar-refractivity contribution in [2.75, 3.05) is 11.1 Å². The Bertz CT molecular complexity index is 410. The molecule has 2 unspecified atom stereocenters. The van der Waals surface area contributed by atoms with E-state index in [4.69, 9.17) is 17.3 Å². The number of nitrogen functional groups attached to an aromatic ring is 1. The van der Waals surface area contributed by atoms with Crippen LogP contribution in [0.4, 0.5) is 11.6 Å². The molecule has 0 bridgehead atoms. The zero-order valence-corrected chi connectivity index (χ0v) is 9.99. The molecule has 1 aliphatic rings. The fraction of sp³-hybridized carbons (Fsp3) is 0.600. The second kappa shape index (κ2) is 3.75. The van der Waals surface area contributed by atoms with Crippen LogP contribution in [0.1, 0.15) is 20.3 Å². The highest BCUT2D eigenvalue weighted by atomic mass is 35.5. The average molecular weight is 243 g/mol. The highest BCUT2D eigenvalue weighted by Crippen LogP contribution is 2.42. The second-order valence-corrected chi connectivity index (χ2v) is 5.07. The molecule has 88 valence electrons. The number of nitrogens with two attached hydrogens (primary N) is 1. The monoisotopic (exact) mass is 242 g/mol. The van der Waals surface area contributed by atoms with Crippen LogP contribution in [0.2, 0.25) is 5.02 Å². The number of aliphatic hydroxyl groups is 1. The van der Waals surface area contributed by atoms with E-state index >= 15 is 0 Å². The van der Waals surface area contributed by atoms with Gasteiger partial charge in [-0.2, -0.15) is 0 Å². The third-order valence-electron chi connectivity index (χ3n) is 3.34. The van der Waals surface area contributed by atoms with Gasteiger partial charge in [-0.1, -0.05) is 25.4 Å². The lowest BCUT2D eigenvalue weighted by Crippen LogP contribution is -2.57. The van der Waals surface area contributed by atoms with E-state index in [2.05, 4.69) is 15.3 Å². The first-order valence-corrected chi connectivity index (χ1v) is 5.51. The first-order valence-electron chi connectivity index (χ1n) is 5.13. The number of hydrogen-bond donors (Lipinski definition) is 3. The fourth-order valence-corrected chi connectivity index (χ4v) is 1.95. The fourth-order valence-electron chi connectivity index (χ4n) is 1.80. The molecule has 1 aromatic rings. The van der Waals surface area contributed by atoms with Crippen molar-refractivity contribution in [3.8, 4) is 0 Å². The molecule has 0 saturated heterocycles. The van der Waals surface area contributed by atoms with E-state index in [0.717, 1.165) is 0 Å². The van der Waals surface area contributed by atoms with E-state index in [-0.39, 0.29) is 23.4 Å². The first-order chi connectivity index (χ1) is 7.43. The average Bonchev–Trinajstić information content (AvgIpc) is 2.24. The van der Waals surface area contributed by atoms with Crippen LogP contribution in [-0.2, 0) is 0 Å². The molecule has 2 rings (SSSR count). The molecule has 6 heteroatoms. The topological polar surface area (TPSA) is 84.1 Å². The molecule has 1 heterocycles. The molecule has 1 fully saturated rings. The number of hydrogen-bond acceptors (Lipinski definition) is 5. The predicted molar refractivity (Wildman–Crippen MR) is 63.3 cm³/mol. The van der Waals surface area contributed by atoms with Crippen LogP contribution < -0.4 is 11.1 Å². The third-order valence-corrected chi connectivity index (χ3v) is 3.72. The maximum atomic E-state index is 9.62. The molecular formula is C10H15ClN4O. The first kappa shape index (κ1) is 11.4. The molecule has 0 aliphatic heterocycles. The van der Waals surface area contributed by atoms with Gasteiger partial charge in [0.2, 0.25) is 0 Å². The van der Waals surface area contributed by atoms with Crippen molar-refractivity contribution >= 4 is 23.2 Å². The van der Waals surface area contributed by atoms with Crippen molar-refractivity contribution in [2.24, 2.45) is 5.41 Å². The van der Waals surface area contributed by atoms with Gasteiger partial charge in [-0.3, -0.25) is 0 Å². The number of nitrogens with zero attached hydrogens (tertiary/aromatic N) is 2. The van der Waals surface area contributed by atoms with Gasteiger partial charge in [0, 0.05) is 11.5 Å². The molecule has 2 atom stereocenters. The van der Waals surface area contributed by atoms with E-state index in [1.165, 1.54) is 6.33 Å². The van der Waals surface area contributed by atoms with Crippen molar-refractivity contribution in [1.29, 1.82) is 0 Å². The molecule has 0 spiro atoms. The second-order valence-electron chi connectivity index (χ2n) is 4.69. The summed E-state index contributed by atoms with van der Waals surface area (Å²) in [5.41, 5.74) is 5.40. The van der Waals surface area contributed by atoms with Gasteiger partial charge in [-0.05, 0) is 6.42 Å². The van der Waals surface area contributed by atoms with Gasteiger partial charge in [0.1, 0.15) is 17.2 Å². The molecule has 0 amide bonds. The van der Waals surface area contributed by atoms with Crippen LogP contribution in [0.5, 0.6) is 0 Å². The summed E-state index contributed by atoms with van der Waals surface area (Å²) in [4.78, 5) is 7.82. The van der Waals surface area contributed by atoms with Gasteiger partial charge in [-0.15, -0.1) is 0 Å². The summed E-state index contributed by atoms with van der Waals surface area (Å²) >= 11 is 5.97. The summed E-state index contributed by atoms with van der Waals surface area (Å²) in [6.45, 7) is 3.99. The highest BCUT2D eigenvalue weighted by Gasteiger charge is 2.47. The molecule has 0 radical (unpaired) electrons. The highest BCUT2D eigenvalue weighted by molar-refractivity contribution is 6.35. The summed E-state index contributed by atoms with van der Waals surface area (Å²) in [5, 5.41) is 13.1. The minimum absolute atomic E-state index is 0.147. The van der Waals surface area contributed by atoms with E-state index in [1.807, 2.05) is 13.8 Å². The maximum absolute atomic E-state index is 9.62. The normalized spacial score (nSPS) is 27.2. The van der Waals surface area contributed by atoms with E-state index in [9.17, 15) is 5.11 Å². The van der Waals surface area contributed by atoms with Crippen LogP contribution in [0.25, 0.3) is 0 Å². The summed E-state index contributed by atoms with van der Waals surface area (Å²) in [6, 6.07) is 0.147. The van der Waals surface area contributed by atoms with Crippen LogP contribution in [0, 0.1) is 5.41 Å².